The van der Waals surface area contributed by atoms with Crippen LogP contribution in [0.3, 0.4) is 0 Å². The summed E-state index contributed by atoms with van der Waals surface area (Å²) >= 11 is 0. The maximum atomic E-state index is 14.6. The summed E-state index contributed by atoms with van der Waals surface area (Å²) in [5.41, 5.74) is 3.05. The molecule has 0 aromatic heterocycles. The highest BCUT2D eigenvalue weighted by Gasteiger charge is 2.49. The molecule has 1 aliphatic carbocycles. The highest BCUT2D eigenvalue weighted by atomic mass is 16.5. The quantitative estimate of drug-likeness (QED) is 0.0620. The zero-order valence-electron chi connectivity index (χ0n) is 48.2. The van der Waals surface area contributed by atoms with Crippen LogP contribution in [0.15, 0.2) is 79.0 Å². The van der Waals surface area contributed by atoms with Gasteiger partial charge in [-0.1, -0.05) is 103 Å². The van der Waals surface area contributed by atoms with E-state index in [4.69, 9.17) is 9.47 Å². The Balaban J connectivity index is 1.02. The van der Waals surface area contributed by atoms with Gasteiger partial charge in [-0.25, -0.2) is 4.79 Å². The predicted molar refractivity (Wildman–Crippen MR) is 304 cm³/mol. The summed E-state index contributed by atoms with van der Waals surface area (Å²) in [5, 5.41) is 8.81. The van der Waals surface area contributed by atoms with Crippen molar-refractivity contribution in [3.63, 3.8) is 0 Å². The Morgan fingerprint density at radius 3 is 2.18 bits per heavy atom. The summed E-state index contributed by atoms with van der Waals surface area (Å²) in [4.78, 5) is 104. The number of amides is 6. The summed E-state index contributed by atoms with van der Waals surface area (Å²) in [6.07, 6.45) is 11.4. The number of methoxy groups -OCH3 is 2. The van der Waals surface area contributed by atoms with Gasteiger partial charge in [0.15, 0.2) is 5.78 Å². The minimum atomic E-state index is -0.704. The van der Waals surface area contributed by atoms with Gasteiger partial charge >= 0.3 is 6.03 Å². The van der Waals surface area contributed by atoms with Crippen molar-refractivity contribution < 1.29 is 43.0 Å². The smallest absolute Gasteiger partial charge is 0.315 e. The van der Waals surface area contributed by atoms with Crippen molar-refractivity contribution in [1.29, 1.82) is 0 Å². The number of Topliss-reactive ketones (excluding diaryl/α,β-unsaturated/α-hetero) is 2. The molecule has 2 saturated heterocycles. The number of piperidine rings is 1. The first-order valence-corrected chi connectivity index (χ1v) is 28.9. The van der Waals surface area contributed by atoms with Crippen LogP contribution in [0.2, 0.25) is 0 Å². The lowest BCUT2D eigenvalue weighted by Crippen LogP contribution is -2.54. The number of likely N-dealkylation sites (N-methyl/N-ethyl adjacent to an activating group) is 2. The van der Waals surface area contributed by atoms with Crippen molar-refractivity contribution >= 4 is 46.9 Å². The van der Waals surface area contributed by atoms with Gasteiger partial charge in [0.1, 0.15) is 5.78 Å². The molecule has 1 saturated carbocycles. The number of nitrogens with one attached hydrogen (secondary N) is 3. The number of unbranched alkanes of at least 4 members (excludes halogenated alkanes) is 3. The van der Waals surface area contributed by atoms with Gasteiger partial charge in [0.25, 0.3) is 5.91 Å². The Labute approximate surface area is 464 Å². The van der Waals surface area contributed by atoms with Crippen LogP contribution in [0.4, 0.5) is 10.5 Å². The third-order valence-corrected chi connectivity index (χ3v) is 17.6. The second-order valence-electron chi connectivity index (χ2n) is 23.0. The molecule has 4 aliphatic rings. The molecule has 3 N–H and O–H groups in total. The van der Waals surface area contributed by atoms with E-state index < -0.39 is 42.0 Å². The molecule has 2 aromatic rings. The van der Waals surface area contributed by atoms with Crippen LogP contribution in [0.5, 0.6) is 0 Å². The van der Waals surface area contributed by atoms with Gasteiger partial charge in [0.2, 0.25) is 17.7 Å². The number of benzene rings is 2. The average Bonchev–Trinajstić information content (AvgIpc) is 4.28. The highest BCUT2D eigenvalue weighted by Crippen LogP contribution is 2.43. The Morgan fingerprint density at radius 1 is 0.833 bits per heavy atom. The topological polar surface area (TPSA) is 187 Å². The van der Waals surface area contributed by atoms with Crippen molar-refractivity contribution in [3.8, 4) is 0 Å². The normalized spacial score (nSPS) is 21.8. The minimum absolute atomic E-state index is 0.0168. The minimum Gasteiger partial charge on any atom is -0.379 e. The molecule has 2 aromatic carbocycles. The van der Waals surface area contributed by atoms with Crippen LogP contribution in [0.25, 0.3) is 0 Å². The number of hydrogen-bond acceptors (Lipinski definition) is 10. The van der Waals surface area contributed by atoms with Crippen molar-refractivity contribution in [2.75, 3.05) is 53.3 Å². The monoisotopic (exact) mass is 1080 g/mol. The molecule has 78 heavy (non-hydrogen) atoms. The number of nitrogens with zero attached hydrogens (tertiary/aromatic N) is 4. The number of ketones is 2. The molecular formula is C62H91N7O9. The maximum absolute atomic E-state index is 14.6. The van der Waals surface area contributed by atoms with E-state index in [0.717, 1.165) is 74.6 Å². The molecule has 16 heteroatoms. The molecule has 0 unspecified atom stereocenters. The van der Waals surface area contributed by atoms with Gasteiger partial charge in [-0.3, -0.25) is 33.7 Å². The number of ether oxygens (including phenoxy) is 2. The van der Waals surface area contributed by atoms with Gasteiger partial charge in [-0.05, 0) is 106 Å². The summed E-state index contributed by atoms with van der Waals surface area (Å²) in [7, 11) is 7.00. The number of likely N-dealkylation sites (tertiary alicyclic amines) is 2. The lowest BCUT2D eigenvalue weighted by molar-refractivity contribution is -0.149. The highest BCUT2D eigenvalue weighted by molar-refractivity contribution is 5.96. The van der Waals surface area contributed by atoms with E-state index in [9.17, 15) is 33.6 Å². The molecule has 0 radical (unpaired) electrons. The van der Waals surface area contributed by atoms with Gasteiger partial charge in [0, 0.05) is 102 Å². The number of anilines is 1. The number of carbonyl (C=O) groups is 7. The van der Waals surface area contributed by atoms with Crippen LogP contribution in [0, 0.1) is 35.5 Å². The van der Waals surface area contributed by atoms with Crippen molar-refractivity contribution in [2.45, 2.75) is 167 Å². The second kappa shape index (κ2) is 29.5. The molecular weight excluding hydrogens is 987 g/mol. The molecule has 428 valence electrons. The van der Waals surface area contributed by atoms with Crippen molar-refractivity contribution in [3.05, 3.63) is 90.2 Å². The molecule has 6 rings (SSSR count). The summed E-state index contributed by atoms with van der Waals surface area (Å²) in [6, 6.07) is 16.1. The molecule has 6 amide bonds. The molecule has 16 nitrogen and oxygen atoms in total. The molecule has 3 heterocycles. The average molecular weight is 1080 g/mol. The number of fused-ring (bicyclic) bond motifs is 2. The van der Waals surface area contributed by atoms with Gasteiger partial charge < -0.3 is 40.1 Å². The lowest BCUT2D eigenvalue weighted by atomic mass is 9.83. The van der Waals surface area contributed by atoms with Crippen molar-refractivity contribution in [2.24, 2.45) is 35.5 Å². The fourth-order valence-corrected chi connectivity index (χ4v) is 12.7. The van der Waals surface area contributed by atoms with Crippen molar-refractivity contribution in [1.82, 2.24) is 30.2 Å². The molecule has 2 bridgehead atoms. The third kappa shape index (κ3) is 16.0. The fraction of sp³-hybridized carbons (Fsp3) is 0.629. The Morgan fingerprint density at radius 2 is 1.55 bits per heavy atom. The Bertz CT molecular complexity index is 2380. The van der Waals surface area contributed by atoms with Crippen LogP contribution in [-0.2, 0) is 51.2 Å². The SMILES string of the molecule is C=C1C=CC(=O)N1CCCCCCNC(=O)NCc1ccc(NC(=O)[C@@H](CC(=O)[C@H](C)[C@@H](OC)[C@@H]2CCCN2C(=O)C[C@@H](OC)[C@H]([C@@H](C)CC)N(C)C(=O)[C@@H](CC(=O)[C@@H]2[C@H]3CC[C@H](C3)N2C)C(C)C)Cc2ccccc2)cc1. The van der Waals surface area contributed by atoms with E-state index in [1.165, 1.54) is 6.08 Å². The first kappa shape index (κ1) is 61.5. The van der Waals surface area contributed by atoms with E-state index >= 15 is 0 Å². The standard InChI is InChI=1S/C62H91N7O9/c1-11-41(4)57(67(8)61(75)50(40(2)3)37-53(71)58-46-26-29-49(35-46)66(58)7)54(77-9)38-56(73)69-33-19-22-51(69)59(78-10)43(6)52(70)36-47(34-44-20-15-14-16-21-44)60(74)65-48-27-24-45(25-28-48)39-64-62(76)63-31-17-12-13-18-32-68-42(5)23-30-55(68)72/h14-16,20-21,23-25,27-28,30,40-41,43,46-47,49-51,54,57-59H,5,11-13,17-19,22,26,29,31-39H2,1-4,6-10H3,(H,65,74)(H2,63,64,76)/t41-,43-,46-,47+,49+,50-,51-,54+,57-,58-,59+/m0/s1. The molecule has 11 atom stereocenters. The largest absolute Gasteiger partial charge is 0.379 e. The summed E-state index contributed by atoms with van der Waals surface area (Å²) in [6.45, 7) is 15.8. The molecule has 3 aliphatic heterocycles. The predicted octanol–water partition coefficient (Wildman–Crippen LogP) is 8.35. The zero-order chi connectivity index (χ0) is 56.6. The number of hydrogen-bond donors (Lipinski definition) is 3. The van der Waals surface area contributed by atoms with E-state index in [1.807, 2.05) is 75.2 Å². The van der Waals surface area contributed by atoms with Crippen LogP contribution in [0.1, 0.15) is 129 Å². The summed E-state index contributed by atoms with van der Waals surface area (Å²) in [5.74, 6) is -2.14. The fourth-order valence-electron chi connectivity index (χ4n) is 12.7. The van der Waals surface area contributed by atoms with Gasteiger partial charge in [0.05, 0.1) is 36.8 Å². The first-order valence-electron chi connectivity index (χ1n) is 28.9. The van der Waals surface area contributed by atoms with E-state index in [2.05, 4.69) is 41.3 Å². The van der Waals surface area contributed by atoms with E-state index in [1.54, 1.807) is 49.3 Å². The Hall–Kier alpha value is -5.71. The zero-order valence-corrected chi connectivity index (χ0v) is 48.2. The van der Waals surface area contributed by atoms with Crippen LogP contribution in [-0.4, -0.2) is 145 Å². The van der Waals surface area contributed by atoms with Gasteiger partial charge in [-0.2, -0.15) is 0 Å². The first-order chi connectivity index (χ1) is 37.4. The summed E-state index contributed by atoms with van der Waals surface area (Å²) < 4.78 is 12.3. The number of rotatable bonds is 31. The second-order valence-corrected chi connectivity index (χ2v) is 23.0. The number of allylic oxidation sites excluding steroid dienone is 1. The Kier molecular flexibility index (Phi) is 23.3. The maximum Gasteiger partial charge on any atom is 0.315 e. The molecule has 3 fully saturated rings. The molecule has 0 spiro atoms. The van der Waals surface area contributed by atoms with Crippen LogP contribution >= 0.6 is 0 Å². The van der Waals surface area contributed by atoms with Crippen LogP contribution < -0.4 is 16.0 Å². The third-order valence-electron chi connectivity index (χ3n) is 17.6. The van der Waals surface area contributed by atoms with Gasteiger partial charge in [-0.15, -0.1) is 0 Å². The van der Waals surface area contributed by atoms with E-state index in [-0.39, 0.29) is 78.4 Å². The number of carbonyl (C=O) groups excluding carboxylic acids is 7. The van der Waals surface area contributed by atoms with E-state index in [0.29, 0.717) is 56.7 Å². The number of urea groups is 1. The lowest BCUT2D eigenvalue weighted by Gasteiger charge is -2.41.